The summed E-state index contributed by atoms with van der Waals surface area (Å²) in [6, 6.07) is 0. The Labute approximate surface area is 73.1 Å². The summed E-state index contributed by atoms with van der Waals surface area (Å²) in [5.74, 6) is 0. The van der Waals surface area contributed by atoms with Crippen LogP contribution in [-0.4, -0.2) is 0 Å². The summed E-state index contributed by atoms with van der Waals surface area (Å²) < 4.78 is 1.51. The molecule has 0 spiro atoms. The Morgan fingerprint density at radius 3 is 2.50 bits per heavy atom. The molecule has 10 heavy (non-hydrogen) atoms. The van der Waals surface area contributed by atoms with Gasteiger partial charge in [0.25, 0.3) is 0 Å². The van der Waals surface area contributed by atoms with Crippen LogP contribution < -0.4 is 0 Å². The molecule has 0 aromatic rings. The molecule has 1 aliphatic carbocycles. The third-order valence-corrected chi connectivity index (χ3v) is 2.84. The molecule has 0 saturated carbocycles. The molecule has 0 heterocycles. The number of rotatable bonds is 2. The van der Waals surface area contributed by atoms with E-state index < -0.39 is 0 Å². The molecule has 0 aromatic heterocycles. The molecular weight excluding hydrogens is 209 g/mol. The van der Waals surface area contributed by atoms with Crippen molar-refractivity contribution in [3.05, 3.63) is 21.4 Å². The van der Waals surface area contributed by atoms with Crippen molar-refractivity contribution in [3.8, 4) is 0 Å². The molecule has 0 amide bonds. The van der Waals surface area contributed by atoms with Crippen LogP contribution in [0.4, 0.5) is 0 Å². The third kappa shape index (κ3) is 1.40. The molecule has 1 rings (SSSR count). The van der Waals surface area contributed by atoms with Crippen molar-refractivity contribution in [3.63, 3.8) is 0 Å². The molecule has 0 atom stereocenters. The van der Waals surface area contributed by atoms with Gasteiger partial charge in [-0.15, -0.1) is 0 Å². The van der Waals surface area contributed by atoms with Crippen LogP contribution in [0.15, 0.2) is 21.4 Å². The molecule has 0 radical (unpaired) electrons. The summed E-state index contributed by atoms with van der Waals surface area (Å²) >= 11 is 2.74. The molecular formula is C9H13Ru. The van der Waals surface area contributed by atoms with Crippen molar-refractivity contribution >= 4 is 0 Å². The Bertz CT molecular complexity index is 187. The van der Waals surface area contributed by atoms with E-state index in [0.717, 1.165) is 0 Å². The van der Waals surface area contributed by atoms with Crippen LogP contribution >= 0.6 is 0 Å². The van der Waals surface area contributed by atoms with E-state index in [1.807, 2.05) is 0 Å². The molecule has 0 aromatic carbocycles. The predicted molar refractivity (Wildman–Crippen MR) is 40.3 cm³/mol. The van der Waals surface area contributed by atoms with E-state index >= 15 is 0 Å². The van der Waals surface area contributed by atoms with E-state index in [-0.39, 0.29) is 0 Å². The van der Waals surface area contributed by atoms with E-state index in [0.29, 0.717) is 0 Å². The second kappa shape index (κ2) is 3.48. The first-order chi connectivity index (χ1) is 4.79. The van der Waals surface area contributed by atoms with Crippen molar-refractivity contribution in [2.45, 2.75) is 33.1 Å². The van der Waals surface area contributed by atoms with Gasteiger partial charge in [-0.3, -0.25) is 0 Å². The fourth-order valence-electron chi connectivity index (χ4n) is 1.40. The maximum absolute atomic E-state index is 2.74. The fraction of sp³-hybridized carbons (Fsp3) is 0.556. The van der Waals surface area contributed by atoms with E-state index in [1.165, 1.54) is 23.4 Å². The average molecular weight is 222 g/mol. The van der Waals surface area contributed by atoms with Gasteiger partial charge in [0.15, 0.2) is 0 Å². The van der Waals surface area contributed by atoms with Crippen LogP contribution in [0.5, 0.6) is 0 Å². The Hall–Kier alpha value is 0.103. The summed E-state index contributed by atoms with van der Waals surface area (Å²) in [5, 5.41) is 0. The first kappa shape index (κ1) is 8.20. The van der Waals surface area contributed by atoms with Crippen molar-refractivity contribution in [2.24, 2.45) is 0 Å². The average Bonchev–Trinajstić information content (AvgIpc) is 2.30. The van der Waals surface area contributed by atoms with E-state index in [9.17, 15) is 0 Å². The quantitative estimate of drug-likeness (QED) is 0.630. The van der Waals surface area contributed by atoms with Gasteiger partial charge < -0.3 is 0 Å². The van der Waals surface area contributed by atoms with Crippen LogP contribution in [0.1, 0.15) is 33.1 Å². The molecule has 0 aliphatic heterocycles. The van der Waals surface area contributed by atoms with Gasteiger partial charge in [0, 0.05) is 0 Å². The Kier molecular flexibility index (Phi) is 2.86. The predicted octanol–water partition coefficient (Wildman–Crippen LogP) is 2.94. The molecule has 0 unspecified atom stereocenters. The van der Waals surface area contributed by atoms with Gasteiger partial charge >= 0.3 is 72.8 Å². The summed E-state index contributed by atoms with van der Waals surface area (Å²) in [7, 11) is 0. The van der Waals surface area contributed by atoms with Crippen LogP contribution in [0.2, 0.25) is 0 Å². The topological polar surface area (TPSA) is 0 Å². The molecule has 0 bridgehead atoms. The molecule has 0 fully saturated rings. The van der Waals surface area contributed by atoms with Crippen molar-refractivity contribution in [1.82, 2.24) is 0 Å². The minimum absolute atomic E-state index is 1.17. The molecule has 57 valence electrons. The number of hydrogen-bond donors (Lipinski definition) is 0. The third-order valence-electron chi connectivity index (χ3n) is 1.96. The Morgan fingerprint density at radius 2 is 2.10 bits per heavy atom. The summed E-state index contributed by atoms with van der Waals surface area (Å²) in [6.45, 7) is 4.46. The second-order valence-electron chi connectivity index (χ2n) is 2.51. The fourth-order valence-corrected chi connectivity index (χ4v) is 2.16. The maximum atomic E-state index is 2.74. The second-order valence-corrected chi connectivity index (χ2v) is 3.56. The molecule has 0 N–H and O–H groups in total. The van der Waals surface area contributed by atoms with Crippen molar-refractivity contribution in [2.75, 3.05) is 0 Å². The molecule has 1 aliphatic rings. The number of allylic oxidation sites excluding steroid dienone is 4. The standard InChI is InChI=1S/C9H13.Ru/c1-3-8-6-5-7-9(8)4-2;/h6H,3-5H2,1-2H3;. The van der Waals surface area contributed by atoms with Crippen LogP contribution in [0.3, 0.4) is 0 Å². The SMILES string of the molecule is CCC1=CC[C]([Ru])=C1CC. The molecule has 0 nitrogen and oxygen atoms in total. The van der Waals surface area contributed by atoms with Crippen molar-refractivity contribution < 1.29 is 18.3 Å². The first-order valence-electron chi connectivity index (χ1n) is 3.85. The minimum atomic E-state index is 1.17. The summed E-state index contributed by atoms with van der Waals surface area (Å²) in [6.07, 6.45) is 5.92. The zero-order valence-corrected chi connectivity index (χ0v) is 8.29. The van der Waals surface area contributed by atoms with E-state index in [1.54, 1.807) is 11.1 Å². The van der Waals surface area contributed by atoms with E-state index in [4.69, 9.17) is 0 Å². The van der Waals surface area contributed by atoms with Gasteiger partial charge in [0.2, 0.25) is 0 Å². The number of hydrogen-bond acceptors (Lipinski definition) is 0. The normalized spacial score (nSPS) is 18.1. The zero-order valence-electron chi connectivity index (χ0n) is 6.55. The molecule has 1 heteroatoms. The Balaban J connectivity index is 2.79. The monoisotopic (exact) mass is 223 g/mol. The first-order valence-corrected chi connectivity index (χ1v) is 4.72. The van der Waals surface area contributed by atoms with Crippen molar-refractivity contribution in [1.29, 1.82) is 0 Å². The molecule has 0 saturated heterocycles. The van der Waals surface area contributed by atoms with Gasteiger partial charge in [0.05, 0.1) is 0 Å². The van der Waals surface area contributed by atoms with Gasteiger partial charge in [-0.1, -0.05) is 0 Å². The van der Waals surface area contributed by atoms with Gasteiger partial charge in [-0.25, -0.2) is 0 Å². The zero-order chi connectivity index (χ0) is 7.56. The van der Waals surface area contributed by atoms with Gasteiger partial charge in [-0.2, -0.15) is 0 Å². The van der Waals surface area contributed by atoms with Gasteiger partial charge in [0.1, 0.15) is 0 Å². The van der Waals surface area contributed by atoms with Crippen LogP contribution in [-0.2, 0) is 18.3 Å². The van der Waals surface area contributed by atoms with Crippen LogP contribution in [0.25, 0.3) is 0 Å². The Morgan fingerprint density at radius 1 is 1.40 bits per heavy atom. The van der Waals surface area contributed by atoms with Gasteiger partial charge in [-0.05, 0) is 0 Å². The van der Waals surface area contributed by atoms with Crippen LogP contribution in [0, 0.1) is 0 Å². The van der Waals surface area contributed by atoms with E-state index in [2.05, 4.69) is 38.2 Å². The summed E-state index contributed by atoms with van der Waals surface area (Å²) in [5.41, 5.74) is 3.15. The summed E-state index contributed by atoms with van der Waals surface area (Å²) in [4.78, 5) is 0.